The number of methoxy groups -OCH3 is 1. The minimum atomic E-state index is -0.879. The molecule has 7 heteroatoms. The lowest BCUT2D eigenvalue weighted by Crippen LogP contribution is -2.24. The van der Waals surface area contributed by atoms with Gasteiger partial charge in [0.05, 0.1) is 26.0 Å². The van der Waals surface area contributed by atoms with Gasteiger partial charge in [0.15, 0.2) is 0 Å². The highest BCUT2D eigenvalue weighted by Gasteiger charge is 2.10. The van der Waals surface area contributed by atoms with Crippen LogP contribution in [0.15, 0.2) is 12.1 Å². The second kappa shape index (κ2) is 6.79. The van der Waals surface area contributed by atoms with Gasteiger partial charge in [-0.3, -0.25) is 0 Å². The molecule has 0 fully saturated rings. The van der Waals surface area contributed by atoms with Crippen LogP contribution in [0.25, 0.3) is 0 Å². The van der Waals surface area contributed by atoms with E-state index in [9.17, 15) is 9.18 Å². The first-order chi connectivity index (χ1) is 8.93. The van der Waals surface area contributed by atoms with Crippen LogP contribution in [0.5, 0.6) is 5.75 Å². The molecule has 0 aromatic heterocycles. The first-order valence-corrected chi connectivity index (χ1v) is 5.59. The second-order valence-corrected chi connectivity index (χ2v) is 3.95. The number of ether oxygens (including phenoxy) is 3. The molecule has 19 heavy (non-hydrogen) atoms. The minimum absolute atomic E-state index is 0.00644. The van der Waals surface area contributed by atoms with E-state index in [1.165, 1.54) is 19.2 Å². The Balaban J connectivity index is 2.54. The summed E-state index contributed by atoms with van der Waals surface area (Å²) in [5.74, 6) is -0.207. The molecule has 0 aliphatic rings. The molecule has 0 saturated heterocycles. The van der Waals surface area contributed by atoms with Gasteiger partial charge in [0, 0.05) is 11.6 Å². The molecule has 0 unspecified atom stereocenters. The molecule has 0 spiro atoms. The van der Waals surface area contributed by atoms with Crippen LogP contribution in [-0.2, 0) is 16.1 Å². The van der Waals surface area contributed by atoms with Crippen molar-refractivity contribution in [2.75, 3.05) is 19.5 Å². The summed E-state index contributed by atoms with van der Waals surface area (Å²) in [5.41, 5.74) is 11.1. The van der Waals surface area contributed by atoms with Crippen molar-refractivity contribution in [2.45, 2.75) is 19.6 Å². The maximum atomic E-state index is 13.6. The lowest BCUT2D eigenvalue weighted by atomic mass is 10.2. The summed E-state index contributed by atoms with van der Waals surface area (Å²) in [6.07, 6.45) is -1.38. The summed E-state index contributed by atoms with van der Waals surface area (Å²) in [5, 5.41) is 0. The maximum Gasteiger partial charge on any atom is 0.404 e. The molecule has 0 saturated carbocycles. The van der Waals surface area contributed by atoms with Crippen molar-refractivity contribution in [1.29, 1.82) is 0 Å². The summed E-state index contributed by atoms with van der Waals surface area (Å²) < 4.78 is 28.4. The molecule has 0 aliphatic heterocycles. The lowest BCUT2D eigenvalue weighted by molar-refractivity contribution is 0.0243. The van der Waals surface area contributed by atoms with E-state index >= 15 is 0 Å². The zero-order chi connectivity index (χ0) is 14.4. The molecule has 0 radical (unpaired) electrons. The predicted molar refractivity (Wildman–Crippen MR) is 67.2 cm³/mol. The Hall–Kier alpha value is -2.02. The number of rotatable bonds is 6. The number of amides is 1. The first-order valence-electron chi connectivity index (χ1n) is 5.59. The third-order valence-electron chi connectivity index (χ3n) is 2.33. The molecule has 1 aromatic rings. The Morgan fingerprint density at radius 2 is 2.16 bits per heavy atom. The topological polar surface area (TPSA) is 96.8 Å². The standard InChI is InChI=1S/C12H17FN2O4/c1-7(19-12(15)16)5-18-6-8-3-10(14)11(17-2)4-9(8)13/h3-4,7H,5-6,14H2,1-2H3,(H2,15,16)/t7-/m1/s1. The highest BCUT2D eigenvalue weighted by Crippen LogP contribution is 2.25. The monoisotopic (exact) mass is 272 g/mol. The molecule has 1 rings (SSSR count). The molecule has 6 nitrogen and oxygen atoms in total. The van der Waals surface area contributed by atoms with Crippen molar-refractivity contribution in [3.8, 4) is 5.75 Å². The van der Waals surface area contributed by atoms with Crippen molar-refractivity contribution < 1.29 is 23.4 Å². The Morgan fingerprint density at radius 1 is 1.47 bits per heavy atom. The fraction of sp³-hybridized carbons (Fsp3) is 0.417. The van der Waals surface area contributed by atoms with Gasteiger partial charge in [-0.15, -0.1) is 0 Å². The van der Waals surface area contributed by atoms with Gasteiger partial charge in [-0.1, -0.05) is 0 Å². The minimum Gasteiger partial charge on any atom is -0.494 e. The maximum absolute atomic E-state index is 13.6. The van der Waals surface area contributed by atoms with Crippen molar-refractivity contribution in [3.05, 3.63) is 23.5 Å². The molecule has 0 heterocycles. The van der Waals surface area contributed by atoms with Gasteiger partial charge in [0.1, 0.15) is 17.7 Å². The second-order valence-electron chi connectivity index (χ2n) is 3.95. The number of primary amides is 1. The van der Waals surface area contributed by atoms with Crippen LogP contribution < -0.4 is 16.2 Å². The number of hydrogen-bond acceptors (Lipinski definition) is 5. The number of nitrogen functional groups attached to an aromatic ring is 1. The number of carbonyl (C=O) groups excluding carboxylic acids is 1. The van der Waals surface area contributed by atoms with Crippen LogP contribution in [-0.4, -0.2) is 25.9 Å². The van der Waals surface area contributed by atoms with E-state index < -0.39 is 18.0 Å². The third kappa shape index (κ3) is 4.63. The molecule has 1 aromatic carbocycles. The Kier molecular flexibility index (Phi) is 5.37. The molecule has 1 atom stereocenters. The summed E-state index contributed by atoms with van der Waals surface area (Å²) in [7, 11) is 1.41. The van der Waals surface area contributed by atoms with Gasteiger partial charge >= 0.3 is 6.09 Å². The summed E-state index contributed by atoms with van der Waals surface area (Å²) in [6.45, 7) is 1.73. The average molecular weight is 272 g/mol. The van der Waals surface area contributed by atoms with Gasteiger partial charge in [-0.25, -0.2) is 9.18 Å². The average Bonchev–Trinajstić information content (AvgIpc) is 2.32. The van der Waals surface area contributed by atoms with E-state index in [1.54, 1.807) is 6.92 Å². The Labute approximate surface area is 110 Å². The van der Waals surface area contributed by atoms with Crippen LogP contribution in [0.4, 0.5) is 14.9 Å². The normalized spacial score (nSPS) is 11.9. The van der Waals surface area contributed by atoms with E-state index in [-0.39, 0.29) is 19.0 Å². The number of benzene rings is 1. The molecular formula is C12H17FN2O4. The van der Waals surface area contributed by atoms with Crippen LogP contribution in [0.2, 0.25) is 0 Å². The molecule has 0 aliphatic carbocycles. The molecule has 4 N–H and O–H groups in total. The van der Waals surface area contributed by atoms with Crippen LogP contribution >= 0.6 is 0 Å². The highest BCUT2D eigenvalue weighted by atomic mass is 19.1. The number of anilines is 1. The Morgan fingerprint density at radius 3 is 2.74 bits per heavy atom. The SMILES string of the molecule is COc1cc(F)c(COC[C@@H](C)OC(N)=O)cc1N. The smallest absolute Gasteiger partial charge is 0.404 e. The number of nitrogens with two attached hydrogens (primary N) is 2. The number of carbonyl (C=O) groups is 1. The van der Waals surface area contributed by atoms with Crippen LogP contribution in [0.1, 0.15) is 12.5 Å². The fourth-order valence-corrected chi connectivity index (χ4v) is 1.47. The first kappa shape index (κ1) is 15.0. The van der Waals surface area contributed by atoms with Gasteiger partial charge in [0.2, 0.25) is 0 Å². The Bertz CT molecular complexity index is 454. The summed E-state index contributed by atoms with van der Waals surface area (Å²) >= 11 is 0. The van der Waals surface area contributed by atoms with E-state index in [1.807, 2.05) is 0 Å². The van der Waals surface area contributed by atoms with Crippen LogP contribution in [0, 0.1) is 5.82 Å². The predicted octanol–water partition coefficient (Wildman–Crippen LogP) is 1.42. The van der Waals surface area contributed by atoms with Gasteiger partial charge < -0.3 is 25.7 Å². The van der Waals surface area contributed by atoms with Crippen molar-refractivity contribution >= 4 is 11.8 Å². The van der Waals surface area contributed by atoms with E-state index in [2.05, 4.69) is 4.74 Å². The highest BCUT2D eigenvalue weighted by molar-refractivity contribution is 5.64. The van der Waals surface area contributed by atoms with Gasteiger partial charge in [0.25, 0.3) is 0 Å². The lowest BCUT2D eigenvalue weighted by Gasteiger charge is -2.13. The van der Waals surface area contributed by atoms with Gasteiger partial charge in [-0.05, 0) is 13.0 Å². The third-order valence-corrected chi connectivity index (χ3v) is 2.33. The quantitative estimate of drug-likeness (QED) is 0.763. The molecular weight excluding hydrogens is 255 g/mol. The molecule has 106 valence electrons. The number of halogens is 1. The fourth-order valence-electron chi connectivity index (χ4n) is 1.47. The summed E-state index contributed by atoms with van der Waals surface area (Å²) in [6, 6.07) is 2.63. The zero-order valence-electron chi connectivity index (χ0n) is 10.8. The van der Waals surface area contributed by atoms with E-state index in [0.717, 1.165) is 0 Å². The van der Waals surface area contributed by atoms with Gasteiger partial charge in [-0.2, -0.15) is 0 Å². The van der Waals surface area contributed by atoms with Crippen molar-refractivity contribution in [1.82, 2.24) is 0 Å². The zero-order valence-corrected chi connectivity index (χ0v) is 10.8. The van der Waals surface area contributed by atoms with Crippen molar-refractivity contribution in [3.63, 3.8) is 0 Å². The largest absolute Gasteiger partial charge is 0.494 e. The van der Waals surface area contributed by atoms with E-state index in [4.69, 9.17) is 20.9 Å². The molecule has 0 bridgehead atoms. The number of hydrogen-bond donors (Lipinski definition) is 2. The van der Waals surface area contributed by atoms with E-state index in [0.29, 0.717) is 11.3 Å². The molecule has 1 amide bonds. The van der Waals surface area contributed by atoms with Crippen molar-refractivity contribution in [2.24, 2.45) is 5.73 Å². The van der Waals surface area contributed by atoms with Crippen LogP contribution in [0.3, 0.4) is 0 Å². The summed E-state index contributed by atoms with van der Waals surface area (Å²) in [4.78, 5) is 10.5.